The number of hydrogen-bond donors (Lipinski definition) is 1. The predicted octanol–water partition coefficient (Wildman–Crippen LogP) is 4.16. The van der Waals surface area contributed by atoms with Gasteiger partial charge in [-0.25, -0.2) is 9.59 Å². The van der Waals surface area contributed by atoms with Crippen LogP contribution in [0.3, 0.4) is 0 Å². The molecule has 160 valence electrons. The Hall–Kier alpha value is -3.06. The van der Waals surface area contributed by atoms with Crippen molar-refractivity contribution in [2.45, 2.75) is 24.9 Å². The highest BCUT2D eigenvalue weighted by Gasteiger charge is 2.31. The van der Waals surface area contributed by atoms with E-state index in [-0.39, 0.29) is 31.1 Å². The molecule has 1 aliphatic heterocycles. The van der Waals surface area contributed by atoms with E-state index in [2.05, 4.69) is 41.2 Å². The fourth-order valence-corrected chi connectivity index (χ4v) is 4.92. The molecule has 1 amide bonds. The second-order valence-corrected chi connectivity index (χ2v) is 8.44. The van der Waals surface area contributed by atoms with Crippen LogP contribution in [0.25, 0.3) is 11.1 Å². The summed E-state index contributed by atoms with van der Waals surface area (Å²) in [5.41, 5.74) is 4.71. The SMILES string of the molecule is C=CCOC(=O)[C@@H]1CSC([C@H](C)NC(=O)OCC2c3ccccc3-c3ccccc32)=N1. The highest BCUT2D eigenvalue weighted by atomic mass is 32.2. The predicted molar refractivity (Wildman–Crippen MR) is 123 cm³/mol. The van der Waals surface area contributed by atoms with Crippen molar-refractivity contribution >= 4 is 28.9 Å². The zero-order valence-electron chi connectivity index (χ0n) is 17.2. The molecule has 0 unspecified atom stereocenters. The minimum atomic E-state index is -0.549. The fraction of sp³-hybridized carbons (Fsp3) is 0.292. The smallest absolute Gasteiger partial charge is 0.407 e. The van der Waals surface area contributed by atoms with E-state index in [4.69, 9.17) is 9.47 Å². The van der Waals surface area contributed by atoms with Gasteiger partial charge in [-0.05, 0) is 29.2 Å². The average Bonchev–Trinajstić information content (AvgIpc) is 3.40. The molecule has 0 saturated carbocycles. The maximum atomic E-state index is 12.4. The van der Waals surface area contributed by atoms with Gasteiger partial charge in [0, 0.05) is 11.7 Å². The van der Waals surface area contributed by atoms with E-state index in [1.807, 2.05) is 31.2 Å². The standard InChI is InChI=1S/C24H24N2O4S/c1-3-12-29-23(27)21-14-31-22(26-21)15(2)25-24(28)30-13-20-18-10-6-4-8-16(18)17-9-5-7-11-19(17)20/h3-11,15,20-21H,1,12-14H2,2H3,(H,25,28)/t15-,21-/m0/s1. The number of fused-ring (bicyclic) bond motifs is 3. The average molecular weight is 437 g/mol. The monoisotopic (exact) mass is 436 g/mol. The van der Waals surface area contributed by atoms with E-state index in [1.165, 1.54) is 40.1 Å². The number of carbonyl (C=O) groups is 2. The lowest BCUT2D eigenvalue weighted by atomic mass is 9.98. The molecule has 1 N–H and O–H groups in total. The third kappa shape index (κ3) is 4.51. The molecule has 2 aliphatic rings. The molecule has 0 saturated heterocycles. The van der Waals surface area contributed by atoms with Crippen LogP contribution in [0.1, 0.15) is 24.0 Å². The Kier molecular flexibility index (Phi) is 6.42. The van der Waals surface area contributed by atoms with Crippen molar-refractivity contribution in [2.75, 3.05) is 19.0 Å². The summed E-state index contributed by atoms with van der Waals surface area (Å²) in [6.07, 6.45) is 1.02. The first-order valence-corrected chi connectivity index (χ1v) is 11.2. The summed E-state index contributed by atoms with van der Waals surface area (Å²) >= 11 is 1.44. The van der Waals surface area contributed by atoms with Gasteiger partial charge in [0.1, 0.15) is 13.2 Å². The van der Waals surface area contributed by atoms with E-state index >= 15 is 0 Å². The minimum absolute atomic E-state index is 0.00987. The zero-order chi connectivity index (χ0) is 21.8. The largest absolute Gasteiger partial charge is 0.460 e. The van der Waals surface area contributed by atoms with Crippen LogP contribution < -0.4 is 5.32 Å². The molecule has 7 heteroatoms. The topological polar surface area (TPSA) is 77.0 Å². The van der Waals surface area contributed by atoms with Crippen LogP contribution >= 0.6 is 11.8 Å². The van der Waals surface area contributed by atoms with Crippen LogP contribution in [0.4, 0.5) is 4.79 Å². The molecule has 6 nitrogen and oxygen atoms in total. The summed E-state index contributed by atoms with van der Waals surface area (Å²) in [6.45, 7) is 5.77. The molecule has 1 heterocycles. The van der Waals surface area contributed by atoms with E-state index < -0.39 is 12.1 Å². The van der Waals surface area contributed by atoms with Gasteiger partial charge in [0.05, 0.1) is 11.1 Å². The number of benzene rings is 2. The molecule has 2 aromatic rings. The summed E-state index contributed by atoms with van der Waals surface area (Å²) in [7, 11) is 0. The first-order valence-electron chi connectivity index (χ1n) is 10.2. The van der Waals surface area contributed by atoms with E-state index in [0.717, 1.165) is 0 Å². The quantitative estimate of drug-likeness (QED) is 0.521. The van der Waals surface area contributed by atoms with E-state index in [1.54, 1.807) is 0 Å². The lowest BCUT2D eigenvalue weighted by Crippen LogP contribution is -2.37. The third-order valence-electron chi connectivity index (χ3n) is 5.34. The number of alkyl carbamates (subject to hydrolysis) is 1. The maximum absolute atomic E-state index is 12.4. The second kappa shape index (κ2) is 9.39. The number of esters is 1. The van der Waals surface area contributed by atoms with Crippen molar-refractivity contribution < 1.29 is 19.1 Å². The van der Waals surface area contributed by atoms with Crippen LogP contribution in [0.2, 0.25) is 0 Å². The zero-order valence-corrected chi connectivity index (χ0v) is 18.1. The molecular formula is C24H24N2O4S. The van der Waals surface area contributed by atoms with E-state index in [0.29, 0.717) is 10.8 Å². The van der Waals surface area contributed by atoms with Crippen LogP contribution in [0, 0.1) is 0 Å². The van der Waals surface area contributed by atoms with Crippen molar-refractivity contribution in [3.63, 3.8) is 0 Å². The van der Waals surface area contributed by atoms with Crippen molar-refractivity contribution in [1.82, 2.24) is 5.32 Å². The number of ether oxygens (including phenoxy) is 2. The number of nitrogens with zero attached hydrogens (tertiary/aromatic N) is 1. The van der Waals surface area contributed by atoms with Crippen molar-refractivity contribution in [3.8, 4) is 11.1 Å². The minimum Gasteiger partial charge on any atom is -0.460 e. The molecule has 31 heavy (non-hydrogen) atoms. The number of carbonyl (C=O) groups excluding carboxylic acids is 2. The van der Waals surface area contributed by atoms with Crippen molar-refractivity contribution in [1.29, 1.82) is 0 Å². The van der Waals surface area contributed by atoms with Gasteiger partial charge in [0.25, 0.3) is 0 Å². The Morgan fingerprint density at radius 1 is 1.16 bits per heavy atom. The highest BCUT2D eigenvalue weighted by Crippen LogP contribution is 2.44. The van der Waals surface area contributed by atoms with Crippen LogP contribution in [-0.4, -0.2) is 48.2 Å². The molecule has 0 spiro atoms. The number of amides is 1. The number of thioether (sulfide) groups is 1. The Morgan fingerprint density at radius 2 is 1.81 bits per heavy atom. The molecule has 4 rings (SSSR count). The summed E-state index contributed by atoms with van der Waals surface area (Å²) in [4.78, 5) is 28.8. The number of nitrogens with one attached hydrogen (secondary N) is 1. The molecule has 0 fully saturated rings. The van der Waals surface area contributed by atoms with Gasteiger partial charge >= 0.3 is 12.1 Å². The Labute approximate surface area is 185 Å². The fourth-order valence-electron chi connectivity index (χ4n) is 3.87. The molecule has 0 aromatic heterocycles. The van der Waals surface area contributed by atoms with Crippen LogP contribution in [0.5, 0.6) is 0 Å². The highest BCUT2D eigenvalue weighted by molar-refractivity contribution is 8.14. The summed E-state index contributed by atoms with van der Waals surface area (Å²) in [5.74, 6) is 0.133. The first kappa shape index (κ1) is 21.2. The normalized spacial score (nSPS) is 17.8. The van der Waals surface area contributed by atoms with Gasteiger partial charge in [-0.1, -0.05) is 61.2 Å². The Balaban J connectivity index is 1.35. The summed E-state index contributed by atoms with van der Waals surface area (Å²) in [6, 6.07) is 15.5. The molecular weight excluding hydrogens is 412 g/mol. The van der Waals surface area contributed by atoms with Gasteiger partial charge in [0.15, 0.2) is 6.04 Å². The Bertz CT molecular complexity index is 990. The maximum Gasteiger partial charge on any atom is 0.407 e. The summed E-state index contributed by atoms with van der Waals surface area (Å²) in [5, 5.41) is 3.50. The van der Waals surface area contributed by atoms with Gasteiger partial charge in [-0.2, -0.15) is 0 Å². The molecule has 0 bridgehead atoms. The van der Waals surface area contributed by atoms with Crippen molar-refractivity contribution in [3.05, 3.63) is 72.3 Å². The van der Waals surface area contributed by atoms with Crippen molar-refractivity contribution in [2.24, 2.45) is 4.99 Å². The lowest BCUT2D eigenvalue weighted by Gasteiger charge is -2.17. The summed E-state index contributed by atoms with van der Waals surface area (Å²) < 4.78 is 10.6. The Morgan fingerprint density at radius 3 is 2.45 bits per heavy atom. The number of hydrogen-bond acceptors (Lipinski definition) is 6. The molecule has 0 radical (unpaired) electrons. The van der Waals surface area contributed by atoms with Crippen LogP contribution in [0.15, 0.2) is 66.2 Å². The van der Waals surface area contributed by atoms with Gasteiger partial charge in [0.2, 0.25) is 0 Å². The van der Waals surface area contributed by atoms with Gasteiger partial charge in [-0.3, -0.25) is 4.99 Å². The molecule has 1 aliphatic carbocycles. The molecule has 2 aromatic carbocycles. The third-order valence-corrected chi connectivity index (χ3v) is 6.57. The van der Waals surface area contributed by atoms with E-state index in [9.17, 15) is 9.59 Å². The molecule has 2 atom stereocenters. The van der Waals surface area contributed by atoms with Gasteiger partial charge in [-0.15, -0.1) is 11.8 Å². The second-order valence-electron chi connectivity index (χ2n) is 7.40. The van der Waals surface area contributed by atoms with Gasteiger partial charge < -0.3 is 14.8 Å². The lowest BCUT2D eigenvalue weighted by molar-refractivity contribution is -0.143. The number of aliphatic imine (C=N–C) groups is 1. The first-order chi connectivity index (χ1) is 15.1. The van der Waals surface area contributed by atoms with Crippen LogP contribution in [-0.2, 0) is 14.3 Å². The number of rotatable bonds is 7.